The molecule has 64 valence electrons. The van der Waals surface area contributed by atoms with Crippen molar-refractivity contribution in [3.05, 3.63) is 37.2 Å². The largest absolute Gasteiger partial charge is 0.394 e. The highest BCUT2D eigenvalue weighted by molar-refractivity contribution is 5.42. The van der Waals surface area contributed by atoms with Crippen LogP contribution in [0.4, 0.5) is 5.69 Å². The number of nitrogens with zero attached hydrogens (tertiary/aromatic N) is 1. The number of aliphatic hydroxyl groups is 1. The number of nitrogens with one attached hydrogen (secondary N) is 1. The quantitative estimate of drug-likeness (QED) is 0.653. The molecule has 0 saturated heterocycles. The van der Waals surface area contributed by atoms with Gasteiger partial charge in [-0.25, -0.2) is 0 Å². The molecule has 3 heteroatoms. The van der Waals surface area contributed by atoms with Gasteiger partial charge in [-0.2, -0.15) is 0 Å². The highest BCUT2D eigenvalue weighted by Gasteiger charge is 1.99. The van der Waals surface area contributed by atoms with E-state index in [1.165, 1.54) is 0 Å². The molecule has 1 rings (SSSR count). The fraction of sp³-hybridized carbons (Fsp3) is 0.222. The third kappa shape index (κ3) is 2.36. The summed E-state index contributed by atoms with van der Waals surface area (Å²) in [6, 6.07) is 3.59. The van der Waals surface area contributed by atoms with Gasteiger partial charge in [-0.05, 0) is 12.1 Å². The molecule has 1 atom stereocenters. The third-order valence-corrected chi connectivity index (χ3v) is 1.51. The first-order chi connectivity index (χ1) is 5.86. The zero-order valence-electron chi connectivity index (χ0n) is 6.77. The first-order valence-electron chi connectivity index (χ1n) is 3.77. The van der Waals surface area contributed by atoms with Crippen LogP contribution < -0.4 is 5.32 Å². The number of rotatable bonds is 4. The predicted molar refractivity (Wildman–Crippen MR) is 48.9 cm³/mol. The average molecular weight is 164 g/mol. The van der Waals surface area contributed by atoms with Crippen molar-refractivity contribution in [2.24, 2.45) is 0 Å². The molecule has 0 aliphatic rings. The van der Waals surface area contributed by atoms with Crippen molar-refractivity contribution in [2.45, 2.75) is 6.04 Å². The van der Waals surface area contributed by atoms with E-state index in [4.69, 9.17) is 5.11 Å². The van der Waals surface area contributed by atoms with E-state index in [0.29, 0.717) is 0 Å². The summed E-state index contributed by atoms with van der Waals surface area (Å²) in [5.74, 6) is 0. The highest BCUT2D eigenvalue weighted by Crippen LogP contribution is 2.05. The molecule has 0 fully saturated rings. The Hall–Kier alpha value is -1.35. The molecule has 3 nitrogen and oxygen atoms in total. The van der Waals surface area contributed by atoms with Gasteiger partial charge in [0.2, 0.25) is 0 Å². The van der Waals surface area contributed by atoms with E-state index in [9.17, 15) is 0 Å². The highest BCUT2D eigenvalue weighted by atomic mass is 16.3. The van der Waals surface area contributed by atoms with Crippen LogP contribution in [-0.2, 0) is 0 Å². The first-order valence-corrected chi connectivity index (χ1v) is 3.77. The summed E-state index contributed by atoms with van der Waals surface area (Å²) in [4.78, 5) is 3.88. The summed E-state index contributed by atoms with van der Waals surface area (Å²) < 4.78 is 0. The van der Waals surface area contributed by atoms with Crippen LogP contribution in [0.3, 0.4) is 0 Å². The van der Waals surface area contributed by atoms with E-state index in [-0.39, 0.29) is 12.6 Å². The van der Waals surface area contributed by atoms with Crippen LogP contribution in [0.1, 0.15) is 0 Å². The SMILES string of the molecule is C=CC(CO)Nc1ccncc1. The third-order valence-electron chi connectivity index (χ3n) is 1.51. The van der Waals surface area contributed by atoms with Gasteiger partial charge in [0.05, 0.1) is 12.6 Å². The molecule has 12 heavy (non-hydrogen) atoms. The van der Waals surface area contributed by atoms with E-state index in [2.05, 4.69) is 16.9 Å². The lowest BCUT2D eigenvalue weighted by Gasteiger charge is -2.12. The molecule has 0 aromatic carbocycles. The maximum Gasteiger partial charge on any atom is 0.0673 e. The Morgan fingerprint density at radius 3 is 2.75 bits per heavy atom. The first kappa shape index (κ1) is 8.74. The van der Waals surface area contributed by atoms with E-state index in [0.717, 1.165) is 5.69 Å². The molecular formula is C9H12N2O. The Labute approximate surface area is 71.8 Å². The minimum atomic E-state index is -0.0904. The van der Waals surface area contributed by atoms with E-state index in [1.807, 2.05) is 12.1 Å². The Morgan fingerprint density at radius 1 is 1.58 bits per heavy atom. The number of pyridine rings is 1. The van der Waals surface area contributed by atoms with Gasteiger partial charge in [-0.3, -0.25) is 4.98 Å². The standard InChI is InChI=1S/C9H12N2O/c1-2-8(7-12)11-9-3-5-10-6-4-9/h2-6,8,12H,1,7H2,(H,10,11). The lowest BCUT2D eigenvalue weighted by molar-refractivity contribution is 0.291. The van der Waals surface area contributed by atoms with Crippen LogP contribution in [0, 0.1) is 0 Å². The molecule has 0 aliphatic carbocycles. The van der Waals surface area contributed by atoms with Crippen molar-refractivity contribution < 1.29 is 5.11 Å². The van der Waals surface area contributed by atoms with Crippen LogP contribution in [0.25, 0.3) is 0 Å². The van der Waals surface area contributed by atoms with Gasteiger partial charge in [-0.15, -0.1) is 6.58 Å². The van der Waals surface area contributed by atoms with E-state index in [1.54, 1.807) is 18.5 Å². The fourth-order valence-electron chi connectivity index (χ4n) is 0.841. The topological polar surface area (TPSA) is 45.1 Å². The summed E-state index contributed by atoms with van der Waals surface area (Å²) in [6.07, 6.45) is 5.06. The van der Waals surface area contributed by atoms with Gasteiger partial charge in [0.1, 0.15) is 0 Å². The molecule has 0 bridgehead atoms. The average Bonchev–Trinajstić information content (AvgIpc) is 2.16. The second-order valence-electron chi connectivity index (χ2n) is 2.40. The lowest BCUT2D eigenvalue weighted by atomic mass is 10.3. The van der Waals surface area contributed by atoms with Crippen molar-refractivity contribution in [2.75, 3.05) is 11.9 Å². The second-order valence-corrected chi connectivity index (χ2v) is 2.40. The fourth-order valence-corrected chi connectivity index (χ4v) is 0.841. The van der Waals surface area contributed by atoms with Crippen LogP contribution >= 0.6 is 0 Å². The van der Waals surface area contributed by atoms with Gasteiger partial charge < -0.3 is 10.4 Å². The Kier molecular flexibility index (Phi) is 3.29. The number of hydrogen-bond acceptors (Lipinski definition) is 3. The smallest absolute Gasteiger partial charge is 0.0673 e. The molecule has 0 aliphatic heterocycles. The molecule has 0 amide bonds. The number of aliphatic hydroxyl groups excluding tert-OH is 1. The van der Waals surface area contributed by atoms with Crippen LogP contribution in [0.15, 0.2) is 37.2 Å². The molecule has 1 heterocycles. The molecule has 2 N–H and O–H groups in total. The normalized spacial score (nSPS) is 12.1. The number of anilines is 1. The van der Waals surface area contributed by atoms with Gasteiger partial charge >= 0.3 is 0 Å². The Balaban J connectivity index is 2.56. The van der Waals surface area contributed by atoms with Crippen LogP contribution in [0.2, 0.25) is 0 Å². The molecule has 1 aromatic heterocycles. The van der Waals surface area contributed by atoms with Gasteiger partial charge in [0.15, 0.2) is 0 Å². The minimum absolute atomic E-state index is 0.0474. The zero-order chi connectivity index (χ0) is 8.81. The Bertz CT molecular complexity index is 236. The minimum Gasteiger partial charge on any atom is -0.394 e. The van der Waals surface area contributed by atoms with Gasteiger partial charge in [-0.1, -0.05) is 6.08 Å². The summed E-state index contributed by atoms with van der Waals surface area (Å²) in [7, 11) is 0. The maximum absolute atomic E-state index is 8.84. The van der Waals surface area contributed by atoms with Crippen molar-refractivity contribution in [3.63, 3.8) is 0 Å². The zero-order valence-corrected chi connectivity index (χ0v) is 6.77. The monoisotopic (exact) mass is 164 g/mol. The van der Waals surface area contributed by atoms with Crippen LogP contribution in [0.5, 0.6) is 0 Å². The van der Waals surface area contributed by atoms with Crippen molar-refractivity contribution >= 4 is 5.69 Å². The Morgan fingerprint density at radius 2 is 2.25 bits per heavy atom. The summed E-state index contributed by atoms with van der Waals surface area (Å²) >= 11 is 0. The second kappa shape index (κ2) is 4.51. The van der Waals surface area contributed by atoms with Gasteiger partial charge in [0.25, 0.3) is 0 Å². The maximum atomic E-state index is 8.84. The molecule has 0 spiro atoms. The summed E-state index contributed by atoms with van der Waals surface area (Å²) in [6.45, 7) is 3.64. The number of hydrogen-bond donors (Lipinski definition) is 2. The van der Waals surface area contributed by atoms with E-state index < -0.39 is 0 Å². The van der Waals surface area contributed by atoms with Crippen molar-refractivity contribution in [3.8, 4) is 0 Å². The van der Waals surface area contributed by atoms with Crippen molar-refractivity contribution in [1.29, 1.82) is 0 Å². The molecule has 1 unspecified atom stereocenters. The number of aromatic nitrogens is 1. The van der Waals surface area contributed by atoms with Crippen LogP contribution in [-0.4, -0.2) is 22.7 Å². The lowest BCUT2D eigenvalue weighted by Crippen LogP contribution is -2.20. The molecule has 1 aromatic rings. The summed E-state index contributed by atoms with van der Waals surface area (Å²) in [5, 5.41) is 11.9. The summed E-state index contributed by atoms with van der Waals surface area (Å²) in [5.41, 5.74) is 0.934. The molecular weight excluding hydrogens is 152 g/mol. The molecule has 0 saturated carbocycles. The predicted octanol–water partition coefficient (Wildman–Crippen LogP) is 1.04. The molecule has 0 radical (unpaired) electrons. The van der Waals surface area contributed by atoms with E-state index >= 15 is 0 Å². The van der Waals surface area contributed by atoms with Crippen molar-refractivity contribution in [1.82, 2.24) is 4.98 Å². The van der Waals surface area contributed by atoms with Gasteiger partial charge in [0, 0.05) is 18.1 Å².